The highest BCUT2D eigenvalue weighted by molar-refractivity contribution is 5.81. The normalized spacial score (nSPS) is 11.6. The molecule has 1 unspecified atom stereocenters. The predicted octanol–water partition coefficient (Wildman–Crippen LogP) is 2.83. The molecule has 0 radical (unpaired) electrons. The molecule has 0 fully saturated rings. The molecule has 0 saturated carbocycles. The monoisotopic (exact) mass is 218 g/mol. The van der Waals surface area contributed by atoms with E-state index in [2.05, 4.69) is 13.2 Å². The molecular formula is C13H14O3. The van der Waals surface area contributed by atoms with Gasteiger partial charge < -0.3 is 9.84 Å². The molecule has 0 aliphatic carbocycles. The minimum absolute atomic E-state index is 0.0850. The Kier molecular flexibility index (Phi) is 3.89. The summed E-state index contributed by atoms with van der Waals surface area (Å²) < 4.78 is 5.04. The predicted molar refractivity (Wildman–Crippen MR) is 62.9 cm³/mol. The van der Waals surface area contributed by atoms with Crippen LogP contribution in [0, 0.1) is 0 Å². The second-order valence-corrected chi connectivity index (χ2v) is 3.27. The lowest BCUT2D eigenvalue weighted by Gasteiger charge is -2.16. The van der Waals surface area contributed by atoms with Crippen LogP contribution in [0.3, 0.4) is 0 Å². The topological polar surface area (TPSA) is 46.5 Å². The standard InChI is InChI=1S/C13H14O3/c1-4-10-7-6-8-11(14)13(10)9(3)16-12(15)5-2/h4-9,14H,1-2H2,3H3. The minimum atomic E-state index is -0.542. The molecule has 0 spiro atoms. The average molecular weight is 218 g/mol. The third-order valence-corrected chi connectivity index (χ3v) is 2.20. The van der Waals surface area contributed by atoms with Crippen molar-refractivity contribution in [3.63, 3.8) is 0 Å². The highest BCUT2D eigenvalue weighted by Crippen LogP contribution is 2.30. The number of carbonyl (C=O) groups excluding carboxylic acids is 1. The number of phenols is 1. The van der Waals surface area contributed by atoms with Gasteiger partial charge >= 0.3 is 5.97 Å². The Morgan fingerprint density at radius 3 is 2.75 bits per heavy atom. The zero-order valence-corrected chi connectivity index (χ0v) is 9.14. The first-order valence-electron chi connectivity index (χ1n) is 4.87. The number of ether oxygens (including phenoxy) is 1. The molecule has 0 saturated heterocycles. The summed E-state index contributed by atoms with van der Waals surface area (Å²) in [5.74, 6) is -0.437. The first-order valence-corrected chi connectivity index (χ1v) is 4.87. The van der Waals surface area contributed by atoms with E-state index in [0.717, 1.165) is 11.6 Å². The fourth-order valence-electron chi connectivity index (χ4n) is 1.47. The molecule has 0 aromatic heterocycles. The van der Waals surface area contributed by atoms with Crippen LogP contribution in [0.5, 0.6) is 5.75 Å². The van der Waals surface area contributed by atoms with Gasteiger partial charge in [0.25, 0.3) is 0 Å². The first-order chi connectivity index (χ1) is 7.60. The molecule has 0 heterocycles. The van der Waals surface area contributed by atoms with Crippen molar-refractivity contribution in [2.24, 2.45) is 0 Å². The van der Waals surface area contributed by atoms with Gasteiger partial charge in [0.05, 0.1) is 0 Å². The lowest BCUT2D eigenvalue weighted by Crippen LogP contribution is -2.07. The van der Waals surface area contributed by atoms with E-state index in [1.54, 1.807) is 31.2 Å². The maximum Gasteiger partial charge on any atom is 0.330 e. The molecular weight excluding hydrogens is 204 g/mol. The molecule has 0 amide bonds. The molecule has 16 heavy (non-hydrogen) atoms. The van der Waals surface area contributed by atoms with Crippen LogP contribution in [0.15, 0.2) is 37.4 Å². The number of carbonyl (C=O) groups is 1. The quantitative estimate of drug-likeness (QED) is 0.624. The van der Waals surface area contributed by atoms with E-state index in [-0.39, 0.29) is 5.75 Å². The van der Waals surface area contributed by atoms with Crippen molar-refractivity contribution >= 4 is 12.0 Å². The summed E-state index contributed by atoms with van der Waals surface area (Å²) in [7, 11) is 0. The van der Waals surface area contributed by atoms with Crippen molar-refractivity contribution in [3.05, 3.63) is 48.6 Å². The third kappa shape index (κ3) is 2.51. The molecule has 84 valence electrons. The molecule has 0 aliphatic rings. The molecule has 1 aromatic carbocycles. The van der Waals surface area contributed by atoms with Gasteiger partial charge in [0.1, 0.15) is 11.9 Å². The smallest absolute Gasteiger partial charge is 0.330 e. The summed E-state index contributed by atoms with van der Waals surface area (Å²) in [6.45, 7) is 8.64. The molecule has 1 rings (SSSR count). The molecule has 0 aliphatic heterocycles. The summed E-state index contributed by atoms with van der Waals surface area (Å²) in [6.07, 6.45) is 2.15. The summed E-state index contributed by atoms with van der Waals surface area (Å²) >= 11 is 0. The Balaban J connectivity index is 3.06. The van der Waals surface area contributed by atoms with Gasteiger partial charge in [-0.2, -0.15) is 0 Å². The summed E-state index contributed by atoms with van der Waals surface area (Å²) in [4.78, 5) is 11.1. The molecule has 3 nitrogen and oxygen atoms in total. The molecule has 1 atom stereocenters. The van der Waals surface area contributed by atoms with Crippen molar-refractivity contribution < 1.29 is 14.6 Å². The van der Waals surface area contributed by atoms with E-state index in [1.807, 2.05) is 0 Å². The third-order valence-electron chi connectivity index (χ3n) is 2.20. The SMILES string of the molecule is C=CC(=O)OC(C)c1c(O)cccc1C=C. The van der Waals surface area contributed by atoms with Crippen molar-refractivity contribution in [2.75, 3.05) is 0 Å². The summed E-state index contributed by atoms with van der Waals surface area (Å²) in [5.41, 5.74) is 1.29. The zero-order valence-electron chi connectivity index (χ0n) is 9.14. The van der Waals surface area contributed by atoms with E-state index in [1.165, 1.54) is 0 Å². The number of hydrogen-bond donors (Lipinski definition) is 1. The van der Waals surface area contributed by atoms with Gasteiger partial charge in [-0.1, -0.05) is 31.4 Å². The van der Waals surface area contributed by atoms with Crippen molar-refractivity contribution in [1.82, 2.24) is 0 Å². The van der Waals surface area contributed by atoms with E-state index in [4.69, 9.17) is 4.74 Å². The van der Waals surface area contributed by atoms with Crippen LogP contribution in [-0.2, 0) is 9.53 Å². The Morgan fingerprint density at radius 1 is 1.50 bits per heavy atom. The summed E-state index contributed by atoms with van der Waals surface area (Å²) in [6, 6.07) is 5.04. The van der Waals surface area contributed by atoms with Crippen LogP contribution in [0.4, 0.5) is 0 Å². The van der Waals surface area contributed by atoms with Crippen LogP contribution in [0.25, 0.3) is 6.08 Å². The van der Waals surface area contributed by atoms with Crippen LogP contribution < -0.4 is 0 Å². The fraction of sp³-hybridized carbons (Fsp3) is 0.154. The molecule has 1 N–H and O–H groups in total. The zero-order chi connectivity index (χ0) is 12.1. The van der Waals surface area contributed by atoms with E-state index < -0.39 is 12.1 Å². The Labute approximate surface area is 94.7 Å². The van der Waals surface area contributed by atoms with E-state index in [0.29, 0.717) is 5.56 Å². The van der Waals surface area contributed by atoms with Crippen molar-refractivity contribution in [3.8, 4) is 5.75 Å². The number of rotatable bonds is 4. The van der Waals surface area contributed by atoms with E-state index in [9.17, 15) is 9.90 Å². The maximum absolute atomic E-state index is 11.1. The van der Waals surface area contributed by atoms with Crippen LogP contribution in [0.2, 0.25) is 0 Å². The Hall–Kier alpha value is -2.03. The van der Waals surface area contributed by atoms with Crippen LogP contribution in [-0.4, -0.2) is 11.1 Å². The lowest BCUT2D eigenvalue weighted by molar-refractivity contribution is -0.142. The Morgan fingerprint density at radius 2 is 2.19 bits per heavy atom. The average Bonchev–Trinajstić information content (AvgIpc) is 2.28. The highest BCUT2D eigenvalue weighted by Gasteiger charge is 2.16. The van der Waals surface area contributed by atoms with Gasteiger partial charge in [0, 0.05) is 11.6 Å². The van der Waals surface area contributed by atoms with Gasteiger partial charge in [-0.3, -0.25) is 0 Å². The van der Waals surface area contributed by atoms with Crippen molar-refractivity contribution in [1.29, 1.82) is 0 Å². The van der Waals surface area contributed by atoms with Crippen LogP contribution in [0.1, 0.15) is 24.2 Å². The van der Waals surface area contributed by atoms with Gasteiger partial charge in [-0.05, 0) is 18.6 Å². The second-order valence-electron chi connectivity index (χ2n) is 3.27. The lowest BCUT2D eigenvalue weighted by atomic mass is 10.0. The number of hydrogen-bond acceptors (Lipinski definition) is 3. The summed E-state index contributed by atoms with van der Waals surface area (Å²) in [5, 5.41) is 9.71. The van der Waals surface area contributed by atoms with Gasteiger partial charge in [0.15, 0.2) is 0 Å². The van der Waals surface area contributed by atoms with Gasteiger partial charge in [0.2, 0.25) is 0 Å². The number of esters is 1. The fourth-order valence-corrected chi connectivity index (χ4v) is 1.47. The largest absolute Gasteiger partial charge is 0.508 e. The molecule has 3 heteroatoms. The molecule has 1 aromatic rings. The Bertz CT molecular complexity index is 421. The highest BCUT2D eigenvalue weighted by atomic mass is 16.5. The number of phenolic OH excluding ortho intramolecular Hbond substituents is 1. The van der Waals surface area contributed by atoms with Gasteiger partial charge in [-0.15, -0.1) is 0 Å². The van der Waals surface area contributed by atoms with Gasteiger partial charge in [-0.25, -0.2) is 4.79 Å². The minimum Gasteiger partial charge on any atom is -0.508 e. The van der Waals surface area contributed by atoms with Crippen LogP contribution >= 0.6 is 0 Å². The number of benzene rings is 1. The maximum atomic E-state index is 11.1. The van der Waals surface area contributed by atoms with E-state index >= 15 is 0 Å². The first kappa shape index (κ1) is 12.0. The number of aromatic hydroxyl groups is 1. The van der Waals surface area contributed by atoms with Crippen molar-refractivity contribution in [2.45, 2.75) is 13.0 Å². The second kappa shape index (κ2) is 5.16. The molecule has 0 bridgehead atoms.